The predicted molar refractivity (Wildman–Crippen MR) is 62.5 cm³/mol. The van der Waals surface area contributed by atoms with E-state index < -0.39 is 0 Å². The normalized spacial score (nSPS) is 18.8. The second kappa shape index (κ2) is 4.41. The van der Waals surface area contributed by atoms with Gasteiger partial charge in [-0.15, -0.1) is 11.3 Å². The van der Waals surface area contributed by atoms with E-state index in [0.29, 0.717) is 0 Å². The summed E-state index contributed by atoms with van der Waals surface area (Å²) in [5.74, 6) is 0. The summed E-state index contributed by atoms with van der Waals surface area (Å²) in [6.45, 7) is 3.64. The summed E-state index contributed by atoms with van der Waals surface area (Å²) in [7, 11) is 0. The van der Waals surface area contributed by atoms with Crippen LogP contribution < -0.4 is 5.32 Å². The fourth-order valence-corrected chi connectivity index (χ4v) is 2.85. The molecular formula is C10H13ClN2OS. The molecule has 1 fully saturated rings. The van der Waals surface area contributed by atoms with Crippen molar-refractivity contribution in [1.29, 1.82) is 0 Å². The number of halogens is 1. The Hall–Kier alpha value is -0.740. The summed E-state index contributed by atoms with van der Waals surface area (Å²) < 4.78 is 0.772. The maximum Gasteiger partial charge on any atom is 0.317 e. The number of carbonyl (C=O) groups excluding carboxylic acids is 1. The molecule has 0 saturated carbocycles. The number of urea groups is 1. The predicted octanol–water partition coefficient (Wildman–Crippen LogP) is 2.88. The van der Waals surface area contributed by atoms with Crippen LogP contribution in [0.4, 0.5) is 4.79 Å². The lowest BCUT2D eigenvalue weighted by molar-refractivity contribution is 0.167. The lowest BCUT2D eigenvalue weighted by Gasteiger charge is -2.32. The van der Waals surface area contributed by atoms with Crippen molar-refractivity contribution >= 4 is 29.0 Å². The number of thiophene rings is 1. The molecular weight excluding hydrogens is 232 g/mol. The van der Waals surface area contributed by atoms with Gasteiger partial charge in [0.25, 0.3) is 0 Å². The molecule has 0 aliphatic carbocycles. The highest BCUT2D eigenvalue weighted by Crippen LogP contribution is 2.30. The van der Waals surface area contributed by atoms with Gasteiger partial charge in [-0.3, -0.25) is 0 Å². The summed E-state index contributed by atoms with van der Waals surface area (Å²) in [6, 6.07) is 4.00. The van der Waals surface area contributed by atoms with Crippen molar-refractivity contribution < 1.29 is 4.79 Å². The van der Waals surface area contributed by atoms with Gasteiger partial charge in [0.05, 0.1) is 10.4 Å². The molecule has 0 aromatic carbocycles. The van der Waals surface area contributed by atoms with E-state index in [1.165, 1.54) is 11.3 Å². The van der Waals surface area contributed by atoms with Crippen molar-refractivity contribution in [1.82, 2.24) is 10.2 Å². The van der Waals surface area contributed by atoms with Gasteiger partial charge in [0.15, 0.2) is 0 Å². The van der Waals surface area contributed by atoms with Gasteiger partial charge in [0.2, 0.25) is 0 Å². The smallest absolute Gasteiger partial charge is 0.317 e. The van der Waals surface area contributed by atoms with Crippen LogP contribution in [0, 0.1) is 0 Å². The van der Waals surface area contributed by atoms with Crippen molar-refractivity contribution in [2.24, 2.45) is 0 Å². The Balaban J connectivity index is 2.12. The van der Waals surface area contributed by atoms with Gasteiger partial charge in [0, 0.05) is 18.0 Å². The molecule has 82 valence electrons. The highest BCUT2D eigenvalue weighted by atomic mass is 35.5. The second-order valence-corrected chi connectivity index (χ2v) is 5.34. The van der Waals surface area contributed by atoms with Crippen LogP contribution in [0.25, 0.3) is 0 Å². The highest BCUT2D eigenvalue weighted by Gasteiger charge is 2.24. The van der Waals surface area contributed by atoms with E-state index >= 15 is 0 Å². The summed E-state index contributed by atoms with van der Waals surface area (Å²) in [4.78, 5) is 14.6. The van der Waals surface area contributed by atoms with Gasteiger partial charge in [-0.05, 0) is 25.5 Å². The molecule has 0 spiro atoms. The molecule has 2 rings (SSSR count). The Morgan fingerprint density at radius 2 is 2.40 bits per heavy atom. The van der Waals surface area contributed by atoms with E-state index in [1.54, 1.807) is 0 Å². The van der Waals surface area contributed by atoms with Gasteiger partial charge in [0.1, 0.15) is 0 Å². The number of nitrogens with zero attached hydrogens (tertiary/aromatic N) is 1. The number of hydrogen-bond acceptors (Lipinski definition) is 2. The second-order valence-electron chi connectivity index (χ2n) is 3.60. The molecule has 1 unspecified atom stereocenters. The Kier molecular flexibility index (Phi) is 3.17. The Bertz CT molecular complexity index is 366. The van der Waals surface area contributed by atoms with Gasteiger partial charge < -0.3 is 10.2 Å². The maximum absolute atomic E-state index is 11.6. The first-order valence-corrected chi connectivity index (χ1v) is 6.17. The molecule has 1 aliphatic heterocycles. The first-order chi connectivity index (χ1) is 7.18. The van der Waals surface area contributed by atoms with Crippen molar-refractivity contribution in [2.75, 3.05) is 13.1 Å². The Morgan fingerprint density at radius 3 is 3.00 bits per heavy atom. The van der Waals surface area contributed by atoms with Gasteiger partial charge in [-0.1, -0.05) is 11.6 Å². The minimum Gasteiger partial charge on any atom is -0.338 e. The third-order valence-electron chi connectivity index (χ3n) is 2.59. The summed E-state index contributed by atoms with van der Waals surface area (Å²) >= 11 is 7.41. The van der Waals surface area contributed by atoms with E-state index in [1.807, 2.05) is 24.0 Å². The summed E-state index contributed by atoms with van der Waals surface area (Å²) in [5, 5.41) is 2.85. The molecule has 1 saturated heterocycles. The topological polar surface area (TPSA) is 32.3 Å². The van der Waals surface area contributed by atoms with E-state index in [4.69, 9.17) is 11.6 Å². The van der Waals surface area contributed by atoms with Gasteiger partial charge >= 0.3 is 6.03 Å². The number of amides is 2. The van der Waals surface area contributed by atoms with E-state index in [9.17, 15) is 4.79 Å². The van der Waals surface area contributed by atoms with Crippen LogP contribution in [0.2, 0.25) is 4.34 Å². The van der Waals surface area contributed by atoms with Crippen LogP contribution in [0.15, 0.2) is 12.1 Å². The zero-order valence-corrected chi connectivity index (χ0v) is 10.1. The number of nitrogens with one attached hydrogen (secondary N) is 1. The molecule has 1 atom stereocenters. The average Bonchev–Trinajstić information content (AvgIpc) is 2.65. The largest absolute Gasteiger partial charge is 0.338 e. The molecule has 3 nitrogen and oxygen atoms in total. The molecule has 1 aliphatic rings. The first-order valence-electron chi connectivity index (χ1n) is 4.98. The van der Waals surface area contributed by atoms with Crippen molar-refractivity contribution in [3.63, 3.8) is 0 Å². The van der Waals surface area contributed by atoms with Crippen LogP contribution in [0.5, 0.6) is 0 Å². The molecule has 15 heavy (non-hydrogen) atoms. The van der Waals surface area contributed by atoms with Crippen LogP contribution in [-0.2, 0) is 0 Å². The van der Waals surface area contributed by atoms with Gasteiger partial charge in [-0.25, -0.2) is 4.79 Å². The third-order valence-corrected chi connectivity index (χ3v) is 3.99. The molecule has 0 bridgehead atoms. The molecule has 0 radical (unpaired) electrons. The molecule has 2 heterocycles. The number of hydrogen-bond donors (Lipinski definition) is 1. The minimum absolute atomic E-state index is 0.0262. The standard InChI is InChI=1S/C10H13ClN2OS/c1-7(8-3-4-9(11)15-8)13-6-2-5-12-10(13)14/h3-4,7H,2,5-6H2,1H3,(H,12,14). The number of carbonyl (C=O) groups is 1. The molecule has 1 aromatic heterocycles. The van der Waals surface area contributed by atoms with Crippen molar-refractivity contribution in [2.45, 2.75) is 19.4 Å². The first kappa shape index (κ1) is 10.8. The Morgan fingerprint density at radius 1 is 1.60 bits per heavy atom. The molecule has 1 N–H and O–H groups in total. The monoisotopic (exact) mass is 244 g/mol. The molecule has 1 aromatic rings. The maximum atomic E-state index is 11.6. The van der Waals surface area contributed by atoms with Crippen LogP contribution in [0.1, 0.15) is 24.3 Å². The number of rotatable bonds is 2. The fourth-order valence-electron chi connectivity index (χ4n) is 1.72. The SMILES string of the molecule is CC(c1ccc(Cl)s1)N1CCCNC1=O. The molecule has 5 heteroatoms. The van der Waals surface area contributed by atoms with Crippen LogP contribution in [0.3, 0.4) is 0 Å². The van der Waals surface area contributed by atoms with E-state index in [2.05, 4.69) is 5.32 Å². The third kappa shape index (κ3) is 2.26. The van der Waals surface area contributed by atoms with E-state index in [0.717, 1.165) is 28.7 Å². The zero-order chi connectivity index (χ0) is 10.8. The average molecular weight is 245 g/mol. The highest BCUT2D eigenvalue weighted by molar-refractivity contribution is 7.16. The van der Waals surface area contributed by atoms with Crippen molar-refractivity contribution in [3.8, 4) is 0 Å². The lowest BCUT2D eigenvalue weighted by Crippen LogP contribution is -2.47. The zero-order valence-electron chi connectivity index (χ0n) is 8.50. The quantitative estimate of drug-likeness (QED) is 0.853. The summed E-state index contributed by atoms with van der Waals surface area (Å²) in [5.41, 5.74) is 0. The van der Waals surface area contributed by atoms with E-state index in [-0.39, 0.29) is 12.1 Å². The van der Waals surface area contributed by atoms with Crippen LogP contribution >= 0.6 is 22.9 Å². The van der Waals surface area contributed by atoms with Crippen LogP contribution in [-0.4, -0.2) is 24.0 Å². The summed E-state index contributed by atoms with van der Waals surface area (Å²) in [6.07, 6.45) is 1.01. The lowest BCUT2D eigenvalue weighted by atomic mass is 10.2. The van der Waals surface area contributed by atoms with Gasteiger partial charge in [-0.2, -0.15) is 0 Å². The van der Waals surface area contributed by atoms with Crippen molar-refractivity contribution in [3.05, 3.63) is 21.3 Å². The minimum atomic E-state index is 0.0262. The fraction of sp³-hybridized carbons (Fsp3) is 0.500. The Labute approximate surface area is 98.0 Å². The molecule has 2 amide bonds.